The Bertz CT molecular complexity index is 22.8. The fourth-order valence-corrected chi connectivity index (χ4v) is 0. The molecular formula is C3H9OS2+. The third-order valence-electron chi connectivity index (χ3n) is 0. The molecule has 0 spiro atoms. The van der Waals surface area contributed by atoms with E-state index < -0.39 is 0 Å². The van der Waals surface area contributed by atoms with E-state index in [1.807, 2.05) is 12.5 Å². The summed E-state index contributed by atoms with van der Waals surface area (Å²) in [5.41, 5.74) is 0. The standard InChI is InChI=1S/C2H6S.CH3OS/c2*1-3-2/h1-2H3;1H3/q;+1. The average molecular weight is 125 g/mol. The van der Waals surface area contributed by atoms with Crippen molar-refractivity contribution in [3.63, 3.8) is 0 Å². The van der Waals surface area contributed by atoms with Crippen LogP contribution in [0.25, 0.3) is 0 Å². The lowest BCUT2D eigenvalue weighted by molar-refractivity contribution is 0.607. The maximum Gasteiger partial charge on any atom is 0.455 e. The minimum absolute atomic E-state index is 0.500. The van der Waals surface area contributed by atoms with Gasteiger partial charge in [0.2, 0.25) is 6.26 Å². The van der Waals surface area contributed by atoms with Crippen molar-refractivity contribution in [1.29, 1.82) is 0 Å². The SMILES string of the molecule is CSC.C[S+]=O. The van der Waals surface area contributed by atoms with Crippen molar-refractivity contribution >= 4 is 23.4 Å². The van der Waals surface area contributed by atoms with Gasteiger partial charge in [0.05, 0.1) is 0 Å². The summed E-state index contributed by atoms with van der Waals surface area (Å²) in [6, 6.07) is 0. The topological polar surface area (TPSA) is 17.1 Å². The summed E-state index contributed by atoms with van der Waals surface area (Å²) in [6.07, 6.45) is 5.57. The van der Waals surface area contributed by atoms with E-state index in [4.69, 9.17) is 4.21 Å². The van der Waals surface area contributed by atoms with Crippen LogP contribution in [0.15, 0.2) is 0 Å². The molecule has 0 radical (unpaired) electrons. The van der Waals surface area contributed by atoms with Crippen molar-refractivity contribution in [3.8, 4) is 0 Å². The highest BCUT2D eigenvalue weighted by Crippen LogP contribution is 1.70. The summed E-state index contributed by atoms with van der Waals surface area (Å²) in [5.74, 6) is 0. The van der Waals surface area contributed by atoms with Crippen LogP contribution in [0.5, 0.6) is 0 Å². The number of hydrogen-bond acceptors (Lipinski definition) is 2. The fourth-order valence-electron chi connectivity index (χ4n) is 0. The van der Waals surface area contributed by atoms with E-state index >= 15 is 0 Å². The maximum atomic E-state index is 8.85. The van der Waals surface area contributed by atoms with Crippen molar-refractivity contribution < 1.29 is 4.21 Å². The normalized spacial score (nSPS) is 5.17. The Morgan fingerprint density at radius 3 is 1.50 bits per heavy atom. The average Bonchev–Trinajstić information content (AvgIpc) is 1.39. The molecule has 3 heteroatoms. The Hall–Kier alpha value is 0.370. The first kappa shape index (κ1) is 9.62. The van der Waals surface area contributed by atoms with Crippen LogP contribution < -0.4 is 0 Å². The van der Waals surface area contributed by atoms with Crippen LogP contribution in [-0.2, 0) is 15.9 Å². The molecule has 0 N–H and O–H groups in total. The maximum absolute atomic E-state index is 8.85. The van der Waals surface area contributed by atoms with Gasteiger partial charge in [-0.05, 0) is 12.5 Å². The monoisotopic (exact) mass is 125 g/mol. The summed E-state index contributed by atoms with van der Waals surface area (Å²) in [5, 5.41) is 0. The Kier molecular flexibility index (Phi) is 29.3. The van der Waals surface area contributed by atoms with Gasteiger partial charge in [-0.3, -0.25) is 0 Å². The molecule has 38 valence electrons. The summed E-state index contributed by atoms with van der Waals surface area (Å²) in [7, 11) is 0. The Morgan fingerprint density at radius 2 is 1.50 bits per heavy atom. The Morgan fingerprint density at radius 1 is 1.50 bits per heavy atom. The molecule has 0 aliphatic rings. The Balaban J connectivity index is 0. The molecule has 0 aromatic heterocycles. The van der Waals surface area contributed by atoms with Gasteiger partial charge in [-0.15, -0.1) is 0 Å². The van der Waals surface area contributed by atoms with Crippen LogP contribution in [0.3, 0.4) is 0 Å². The predicted octanol–water partition coefficient (Wildman–Crippen LogP) is 1.02. The molecule has 0 aliphatic heterocycles. The zero-order valence-electron chi connectivity index (χ0n) is 4.22. The molecule has 0 aliphatic carbocycles. The molecule has 0 aromatic carbocycles. The highest BCUT2D eigenvalue weighted by molar-refractivity contribution is 7.97. The molecular weight excluding hydrogens is 116 g/mol. The molecule has 0 saturated carbocycles. The predicted molar refractivity (Wildman–Crippen MR) is 33.4 cm³/mol. The second-order valence-electron chi connectivity index (χ2n) is 0.575. The zero-order chi connectivity index (χ0) is 5.41. The lowest BCUT2D eigenvalue weighted by atomic mass is 11.9. The minimum Gasteiger partial charge on any atom is -0.169 e. The van der Waals surface area contributed by atoms with Gasteiger partial charge in [0.25, 0.3) is 0 Å². The number of thioether (sulfide) groups is 1. The smallest absolute Gasteiger partial charge is 0.169 e. The molecule has 0 heterocycles. The molecule has 0 aromatic rings. The molecule has 0 fully saturated rings. The molecule has 0 amide bonds. The highest BCUT2D eigenvalue weighted by Gasteiger charge is 1.54. The van der Waals surface area contributed by atoms with Crippen LogP contribution >= 0.6 is 11.8 Å². The van der Waals surface area contributed by atoms with E-state index in [-0.39, 0.29) is 0 Å². The van der Waals surface area contributed by atoms with E-state index in [1.165, 1.54) is 6.26 Å². The second kappa shape index (κ2) is 18.3. The minimum atomic E-state index is 0.500. The van der Waals surface area contributed by atoms with Gasteiger partial charge >= 0.3 is 11.7 Å². The van der Waals surface area contributed by atoms with E-state index in [9.17, 15) is 0 Å². The second-order valence-corrected chi connectivity index (χ2v) is 1.72. The van der Waals surface area contributed by atoms with Gasteiger partial charge in [0, 0.05) is 4.21 Å². The van der Waals surface area contributed by atoms with Gasteiger partial charge in [-0.25, -0.2) is 0 Å². The number of rotatable bonds is 0. The summed E-state index contributed by atoms with van der Waals surface area (Å²) < 4.78 is 8.85. The van der Waals surface area contributed by atoms with E-state index in [0.29, 0.717) is 11.7 Å². The molecule has 6 heavy (non-hydrogen) atoms. The van der Waals surface area contributed by atoms with Gasteiger partial charge in [-0.2, -0.15) is 11.8 Å². The first-order valence-corrected chi connectivity index (χ1v) is 4.17. The third-order valence-corrected chi connectivity index (χ3v) is 0. The fraction of sp³-hybridized carbons (Fsp3) is 1.00. The highest BCUT2D eigenvalue weighted by atomic mass is 32.2. The summed E-state index contributed by atoms with van der Waals surface area (Å²) >= 11 is 2.25. The van der Waals surface area contributed by atoms with Crippen molar-refractivity contribution in [2.24, 2.45) is 0 Å². The third kappa shape index (κ3) is 363. The molecule has 0 rings (SSSR count). The van der Waals surface area contributed by atoms with Gasteiger partial charge in [0.1, 0.15) is 0 Å². The molecule has 1 nitrogen and oxygen atoms in total. The molecule has 0 saturated heterocycles. The molecule has 0 atom stereocenters. The number of hydrogen-bond donors (Lipinski definition) is 0. The molecule has 0 unspecified atom stereocenters. The van der Waals surface area contributed by atoms with Crippen molar-refractivity contribution in [1.82, 2.24) is 0 Å². The van der Waals surface area contributed by atoms with E-state index in [1.54, 1.807) is 11.8 Å². The summed E-state index contributed by atoms with van der Waals surface area (Å²) in [4.78, 5) is 0. The quantitative estimate of drug-likeness (QED) is 0.450. The largest absolute Gasteiger partial charge is 0.455 e. The first-order valence-electron chi connectivity index (χ1n) is 1.39. The Labute approximate surface area is 47.0 Å². The van der Waals surface area contributed by atoms with Gasteiger partial charge in [-0.1, -0.05) is 0 Å². The van der Waals surface area contributed by atoms with Crippen molar-refractivity contribution in [2.45, 2.75) is 0 Å². The van der Waals surface area contributed by atoms with Crippen LogP contribution in [0.2, 0.25) is 0 Å². The van der Waals surface area contributed by atoms with Crippen LogP contribution in [-0.4, -0.2) is 18.8 Å². The van der Waals surface area contributed by atoms with E-state index in [2.05, 4.69) is 0 Å². The lowest BCUT2D eigenvalue weighted by Crippen LogP contribution is -1.32. The zero-order valence-corrected chi connectivity index (χ0v) is 5.86. The van der Waals surface area contributed by atoms with Crippen molar-refractivity contribution in [3.05, 3.63) is 0 Å². The van der Waals surface area contributed by atoms with Gasteiger partial charge < -0.3 is 0 Å². The van der Waals surface area contributed by atoms with Gasteiger partial charge in [0.15, 0.2) is 0 Å². The van der Waals surface area contributed by atoms with Crippen LogP contribution in [0.4, 0.5) is 0 Å². The lowest BCUT2D eigenvalue weighted by Gasteiger charge is -1.51. The van der Waals surface area contributed by atoms with Crippen molar-refractivity contribution in [2.75, 3.05) is 18.8 Å². The van der Waals surface area contributed by atoms with E-state index in [0.717, 1.165) is 0 Å². The first-order chi connectivity index (χ1) is 2.83. The molecule has 0 bridgehead atoms. The van der Waals surface area contributed by atoms with Crippen LogP contribution in [0, 0.1) is 0 Å². The summed E-state index contributed by atoms with van der Waals surface area (Å²) in [6.45, 7) is 0. The van der Waals surface area contributed by atoms with Crippen LogP contribution in [0.1, 0.15) is 0 Å².